The highest BCUT2D eigenvalue weighted by molar-refractivity contribution is 5.86. The molecule has 1 aliphatic heterocycles. The Labute approximate surface area is 102 Å². The van der Waals surface area contributed by atoms with Gasteiger partial charge in [-0.25, -0.2) is 4.79 Å². The number of hydrogen-bond donors (Lipinski definition) is 1. The van der Waals surface area contributed by atoms with Gasteiger partial charge in [0, 0.05) is 13.1 Å². The third kappa shape index (κ3) is 3.91. The number of rotatable bonds is 1. The second kappa shape index (κ2) is 5.38. The number of carbonyl (C=O) groups excluding carboxylic acids is 2. The van der Waals surface area contributed by atoms with Crippen LogP contribution in [0.25, 0.3) is 0 Å². The zero-order valence-electron chi connectivity index (χ0n) is 11.1. The van der Waals surface area contributed by atoms with Crippen LogP contribution in [0.5, 0.6) is 0 Å². The second-order valence-corrected chi connectivity index (χ2v) is 5.24. The molecule has 1 rings (SSSR count). The average molecular weight is 242 g/mol. The summed E-state index contributed by atoms with van der Waals surface area (Å²) in [5.74, 6) is -0.0872. The van der Waals surface area contributed by atoms with E-state index < -0.39 is 17.7 Å². The largest absolute Gasteiger partial charge is 0.444 e. The number of amides is 2. The van der Waals surface area contributed by atoms with Crippen LogP contribution in [0.4, 0.5) is 4.79 Å². The Kier molecular flexibility index (Phi) is 4.37. The third-order valence-corrected chi connectivity index (χ3v) is 2.57. The predicted octanol–water partition coefficient (Wildman–Crippen LogP) is 1.52. The van der Waals surface area contributed by atoms with Crippen LogP contribution in [-0.4, -0.2) is 41.6 Å². The third-order valence-electron chi connectivity index (χ3n) is 2.57. The van der Waals surface area contributed by atoms with Crippen LogP contribution < -0.4 is 5.32 Å². The first-order chi connectivity index (χ1) is 7.85. The molecular weight excluding hydrogens is 220 g/mol. The molecule has 0 bridgehead atoms. The molecule has 1 aliphatic rings. The van der Waals surface area contributed by atoms with Crippen molar-refractivity contribution >= 4 is 12.0 Å². The molecule has 0 unspecified atom stereocenters. The van der Waals surface area contributed by atoms with Crippen LogP contribution in [-0.2, 0) is 9.53 Å². The molecule has 0 aromatic heterocycles. The topological polar surface area (TPSA) is 58.6 Å². The summed E-state index contributed by atoms with van der Waals surface area (Å²) < 4.78 is 5.32. The van der Waals surface area contributed by atoms with Gasteiger partial charge in [0.2, 0.25) is 5.91 Å². The molecule has 0 spiro atoms. The van der Waals surface area contributed by atoms with Crippen molar-refractivity contribution in [1.29, 1.82) is 0 Å². The lowest BCUT2D eigenvalue weighted by Gasteiger charge is -2.30. The zero-order valence-corrected chi connectivity index (χ0v) is 11.1. The Hall–Kier alpha value is -1.26. The number of hydrogen-bond acceptors (Lipinski definition) is 3. The fourth-order valence-corrected chi connectivity index (χ4v) is 1.82. The second-order valence-electron chi connectivity index (χ2n) is 5.24. The van der Waals surface area contributed by atoms with Crippen LogP contribution >= 0.6 is 0 Å². The van der Waals surface area contributed by atoms with Crippen LogP contribution in [0.3, 0.4) is 0 Å². The Balaban J connectivity index is 2.77. The molecule has 1 saturated heterocycles. The van der Waals surface area contributed by atoms with Gasteiger partial charge in [-0.1, -0.05) is 6.92 Å². The zero-order chi connectivity index (χ0) is 13.1. The van der Waals surface area contributed by atoms with E-state index in [4.69, 9.17) is 4.74 Å². The highest BCUT2D eigenvalue weighted by atomic mass is 16.6. The van der Waals surface area contributed by atoms with E-state index in [0.717, 1.165) is 6.42 Å². The Bertz CT molecular complexity index is 297. The molecule has 0 radical (unpaired) electrons. The van der Waals surface area contributed by atoms with E-state index in [9.17, 15) is 9.59 Å². The molecule has 0 saturated carbocycles. The van der Waals surface area contributed by atoms with Crippen molar-refractivity contribution < 1.29 is 14.3 Å². The number of carbonyl (C=O) groups is 2. The predicted molar refractivity (Wildman–Crippen MR) is 64.6 cm³/mol. The van der Waals surface area contributed by atoms with E-state index in [2.05, 4.69) is 5.32 Å². The van der Waals surface area contributed by atoms with Gasteiger partial charge in [0.05, 0.1) is 0 Å². The van der Waals surface area contributed by atoms with Crippen molar-refractivity contribution in [2.45, 2.75) is 52.2 Å². The van der Waals surface area contributed by atoms with Gasteiger partial charge in [0.15, 0.2) is 0 Å². The molecule has 17 heavy (non-hydrogen) atoms. The average Bonchev–Trinajstić information content (AvgIpc) is 2.37. The molecule has 98 valence electrons. The summed E-state index contributed by atoms with van der Waals surface area (Å²) in [6, 6.07) is -0.410. The van der Waals surface area contributed by atoms with Crippen molar-refractivity contribution in [3.8, 4) is 0 Å². The highest BCUT2D eigenvalue weighted by Crippen LogP contribution is 2.15. The SMILES string of the molecule is CC[C@@H]1C(=O)NCCCN1C(=O)OC(C)(C)C. The summed E-state index contributed by atoms with van der Waals surface area (Å²) in [6.45, 7) is 8.55. The minimum absolute atomic E-state index is 0.0872. The molecule has 2 amide bonds. The maximum Gasteiger partial charge on any atom is 0.410 e. The molecule has 1 fully saturated rings. The molecule has 5 nitrogen and oxygen atoms in total. The fraction of sp³-hybridized carbons (Fsp3) is 0.833. The van der Waals surface area contributed by atoms with Gasteiger partial charge in [-0.05, 0) is 33.6 Å². The van der Waals surface area contributed by atoms with Gasteiger partial charge in [0.25, 0.3) is 0 Å². The summed E-state index contributed by atoms with van der Waals surface area (Å²) in [6.07, 6.45) is 0.966. The minimum atomic E-state index is -0.530. The lowest BCUT2D eigenvalue weighted by Crippen LogP contribution is -2.48. The smallest absolute Gasteiger partial charge is 0.410 e. The Morgan fingerprint density at radius 1 is 1.53 bits per heavy atom. The summed E-state index contributed by atoms with van der Waals surface area (Å²) in [7, 11) is 0. The molecule has 0 aliphatic carbocycles. The van der Waals surface area contributed by atoms with E-state index in [-0.39, 0.29) is 5.91 Å². The van der Waals surface area contributed by atoms with E-state index in [1.807, 2.05) is 27.7 Å². The molecule has 0 aromatic rings. The molecule has 0 aromatic carbocycles. The summed E-state index contributed by atoms with van der Waals surface area (Å²) in [4.78, 5) is 25.3. The summed E-state index contributed by atoms with van der Waals surface area (Å²) in [5.41, 5.74) is -0.530. The first kappa shape index (κ1) is 13.8. The maximum atomic E-state index is 12.0. The molecule has 1 N–H and O–H groups in total. The first-order valence-electron chi connectivity index (χ1n) is 6.12. The molecule has 5 heteroatoms. The first-order valence-corrected chi connectivity index (χ1v) is 6.12. The molecule has 1 atom stereocenters. The van der Waals surface area contributed by atoms with Crippen molar-refractivity contribution in [2.75, 3.05) is 13.1 Å². The molecular formula is C12H22N2O3. The quantitative estimate of drug-likeness (QED) is 0.758. The standard InChI is InChI=1S/C12H22N2O3/c1-5-9-10(15)13-7-6-8-14(9)11(16)17-12(2,3)4/h9H,5-8H2,1-4H3,(H,13,15)/t9-/m1/s1. The van der Waals surface area contributed by atoms with Gasteiger partial charge >= 0.3 is 6.09 Å². The lowest BCUT2D eigenvalue weighted by molar-refractivity contribution is -0.125. The fourth-order valence-electron chi connectivity index (χ4n) is 1.82. The normalized spacial score (nSPS) is 21.8. The van der Waals surface area contributed by atoms with Gasteiger partial charge in [-0.2, -0.15) is 0 Å². The summed E-state index contributed by atoms with van der Waals surface area (Å²) in [5, 5.41) is 2.80. The van der Waals surface area contributed by atoms with E-state index in [0.29, 0.717) is 19.5 Å². The number of nitrogens with one attached hydrogen (secondary N) is 1. The Morgan fingerprint density at radius 2 is 2.18 bits per heavy atom. The van der Waals surface area contributed by atoms with Crippen LogP contribution in [0.1, 0.15) is 40.5 Å². The van der Waals surface area contributed by atoms with Crippen LogP contribution in [0.2, 0.25) is 0 Å². The van der Waals surface area contributed by atoms with Gasteiger partial charge in [-0.15, -0.1) is 0 Å². The minimum Gasteiger partial charge on any atom is -0.444 e. The van der Waals surface area contributed by atoms with Crippen molar-refractivity contribution in [3.05, 3.63) is 0 Å². The molecule has 1 heterocycles. The van der Waals surface area contributed by atoms with Crippen LogP contribution in [0.15, 0.2) is 0 Å². The van der Waals surface area contributed by atoms with Gasteiger partial charge in [-0.3, -0.25) is 9.69 Å². The van der Waals surface area contributed by atoms with E-state index in [1.54, 1.807) is 0 Å². The van der Waals surface area contributed by atoms with E-state index in [1.165, 1.54) is 4.90 Å². The van der Waals surface area contributed by atoms with Crippen molar-refractivity contribution in [3.63, 3.8) is 0 Å². The van der Waals surface area contributed by atoms with Crippen molar-refractivity contribution in [1.82, 2.24) is 10.2 Å². The van der Waals surface area contributed by atoms with Gasteiger partial charge in [0.1, 0.15) is 11.6 Å². The van der Waals surface area contributed by atoms with Crippen molar-refractivity contribution in [2.24, 2.45) is 0 Å². The lowest BCUT2D eigenvalue weighted by atomic mass is 10.2. The number of nitrogens with zero attached hydrogens (tertiary/aromatic N) is 1. The van der Waals surface area contributed by atoms with Gasteiger partial charge < -0.3 is 10.1 Å². The number of ether oxygens (including phenoxy) is 1. The Morgan fingerprint density at radius 3 is 2.71 bits per heavy atom. The van der Waals surface area contributed by atoms with E-state index >= 15 is 0 Å². The maximum absolute atomic E-state index is 12.0. The van der Waals surface area contributed by atoms with Crippen LogP contribution in [0, 0.1) is 0 Å². The summed E-state index contributed by atoms with van der Waals surface area (Å²) >= 11 is 0. The monoisotopic (exact) mass is 242 g/mol. The highest BCUT2D eigenvalue weighted by Gasteiger charge is 2.32.